The van der Waals surface area contributed by atoms with Crippen molar-refractivity contribution in [3.63, 3.8) is 0 Å². The van der Waals surface area contributed by atoms with Gasteiger partial charge in [0.05, 0.1) is 32.0 Å². The van der Waals surface area contributed by atoms with E-state index in [9.17, 15) is 23.4 Å². The van der Waals surface area contributed by atoms with Crippen LogP contribution in [0.4, 0.5) is 19.1 Å². The number of aliphatic hydroxyl groups excluding tert-OH is 3. The highest BCUT2D eigenvalue weighted by molar-refractivity contribution is 5.29. The third-order valence-corrected chi connectivity index (χ3v) is 4.01. The van der Waals surface area contributed by atoms with Gasteiger partial charge in [0.1, 0.15) is 29.7 Å². The molecule has 2 aromatic rings. The minimum Gasteiger partial charge on any atom is -0.390 e. The Hall–Kier alpha value is -2.35. The molecule has 4 N–H and O–H groups in total. The normalized spacial score (nSPS) is 26.1. The largest absolute Gasteiger partial charge is 0.433 e. The van der Waals surface area contributed by atoms with Crippen LogP contribution in [0.25, 0.3) is 0 Å². The molecule has 3 heterocycles. The Bertz CT molecular complexity index is 773. The Balaban J connectivity index is 1.63. The molecule has 1 aliphatic rings. The molecule has 10 nitrogen and oxygen atoms in total. The summed E-state index contributed by atoms with van der Waals surface area (Å²) < 4.78 is 45.0. The van der Waals surface area contributed by atoms with Gasteiger partial charge in [-0.05, 0) is 6.07 Å². The summed E-state index contributed by atoms with van der Waals surface area (Å²) in [4.78, 5) is 7.04. The summed E-state index contributed by atoms with van der Waals surface area (Å²) in [5.41, 5.74) is -0.794. The first-order chi connectivity index (χ1) is 12.8. The number of nitrogens with zero attached hydrogens (tertiary/aromatic N) is 5. The minimum atomic E-state index is -4.63. The van der Waals surface area contributed by atoms with E-state index in [2.05, 4.69) is 25.6 Å². The topological polar surface area (TPSA) is 138 Å². The minimum absolute atomic E-state index is 0.0675. The van der Waals surface area contributed by atoms with Gasteiger partial charge in [-0.3, -0.25) is 0 Å². The fourth-order valence-corrected chi connectivity index (χ4v) is 2.61. The van der Waals surface area contributed by atoms with Crippen molar-refractivity contribution in [2.24, 2.45) is 0 Å². The van der Waals surface area contributed by atoms with Gasteiger partial charge in [0.15, 0.2) is 0 Å². The van der Waals surface area contributed by atoms with Crippen molar-refractivity contribution in [3.8, 4) is 0 Å². The summed E-state index contributed by atoms with van der Waals surface area (Å²) in [7, 11) is 0. The lowest BCUT2D eigenvalue weighted by Gasteiger charge is -2.37. The summed E-state index contributed by atoms with van der Waals surface area (Å²) in [5, 5.41) is 39.5. The maximum Gasteiger partial charge on any atom is 0.433 e. The molecule has 1 aliphatic heterocycles. The first kappa shape index (κ1) is 19.4. The monoisotopic (exact) mass is 390 g/mol. The maximum atomic E-state index is 12.7. The lowest BCUT2D eigenvalue weighted by Crippen LogP contribution is -2.56. The molecule has 0 amide bonds. The Morgan fingerprint density at radius 3 is 2.74 bits per heavy atom. The molecule has 148 valence electrons. The van der Waals surface area contributed by atoms with Gasteiger partial charge in [0.25, 0.3) is 0 Å². The third kappa shape index (κ3) is 4.50. The smallest absolute Gasteiger partial charge is 0.390 e. The number of ether oxygens (including phenoxy) is 1. The van der Waals surface area contributed by atoms with E-state index in [4.69, 9.17) is 9.84 Å². The van der Waals surface area contributed by atoms with Crippen LogP contribution < -0.4 is 5.32 Å². The van der Waals surface area contributed by atoms with E-state index in [1.165, 1.54) is 10.9 Å². The molecule has 1 fully saturated rings. The number of rotatable bonds is 5. The van der Waals surface area contributed by atoms with E-state index >= 15 is 0 Å². The van der Waals surface area contributed by atoms with Gasteiger partial charge in [-0.1, -0.05) is 5.21 Å². The van der Waals surface area contributed by atoms with Crippen molar-refractivity contribution >= 4 is 5.95 Å². The molecule has 0 radical (unpaired) electrons. The number of alkyl halides is 3. The van der Waals surface area contributed by atoms with E-state index in [-0.39, 0.29) is 25.7 Å². The Kier molecular flexibility index (Phi) is 5.55. The molecule has 0 spiro atoms. The number of nitrogens with one attached hydrogen (secondary N) is 1. The second-order valence-corrected chi connectivity index (χ2v) is 5.96. The average Bonchev–Trinajstić information content (AvgIpc) is 3.09. The quantitative estimate of drug-likeness (QED) is 0.516. The van der Waals surface area contributed by atoms with E-state index in [1.807, 2.05) is 0 Å². The maximum absolute atomic E-state index is 12.7. The predicted molar refractivity (Wildman–Crippen MR) is 82.1 cm³/mol. The number of aromatic nitrogens is 5. The molecule has 13 heteroatoms. The Morgan fingerprint density at radius 1 is 1.30 bits per heavy atom. The first-order valence-electron chi connectivity index (χ1n) is 7.92. The lowest BCUT2D eigenvalue weighted by atomic mass is 9.98. The van der Waals surface area contributed by atoms with Gasteiger partial charge in [-0.25, -0.2) is 14.6 Å². The second-order valence-electron chi connectivity index (χ2n) is 5.96. The second kappa shape index (κ2) is 7.72. The van der Waals surface area contributed by atoms with Gasteiger partial charge in [0.2, 0.25) is 5.95 Å². The van der Waals surface area contributed by atoms with Gasteiger partial charge in [-0.15, -0.1) is 5.10 Å². The van der Waals surface area contributed by atoms with Crippen molar-refractivity contribution in [1.29, 1.82) is 0 Å². The summed E-state index contributed by atoms with van der Waals surface area (Å²) in [6.45, 7) is -0.332. The van der Waals surface area contributed by atoms with Crippen LogP contribution in [-0.4, -0.2) is 71.2 Å². The van der Waals surface area contributed by atoms with Crippen molar-refractivity contribution in [3.05, 3.63) is 29.8 Å². The van der Waals surface area contributed by atoms with Crippen LogP contribution in [0, 0.1) is 0 Å². The van der Waals surface area contributed by atoms with Crippen LogP contribution in [0.5, 0.6) is 0 Å². The summed E-state index contributed by atoms with van der Waals surface area (Å²) in [6.07, 6.45) is -5.74. The fourth-order valence-electron chi connectivity index (χ4n) is 2.61. The molecule has 3 rings (SSSR count). The summed E-state index contributed by atoms with van der Waals surface area (Å²) in [5.74, 6) is -0.341. The molecule has 0 bridgehead atoms. The highest BCUT2D eigenvalue weighted by Crippen LogP contribution is 2.28. The standard InChI is InChI=1S/C14H17F3N6O4/c15-14(16,17)10-1-2-18-13(20-10)19-8-6-27-9(12(26)11(8)25)4-23-3-7(5-24)21-22-23/h1-3,8-9,11-12,24-26H,4-6H2,(H,18,19,20)/t8-,9+,11+,12-/m0/s1. The Morgan fingerprint density at radius 2 is 2.07 bits per heavy atom. The van der Waals surface area contributed by atoms with Crippen LogP contribution in [0.3, 0.4) is 0 Å². The van der Waals surface area contributed by atoms with E-state index < -0.39 is 36.2 Å². The van der Waals surface area contributed by atoms with Crippen LogP contribution in [0.15, 0.2) is 18.5 Å². The first-order valence-corrected chi connectivity index (χ1v) is 7.92. The number of hydrogen-bond acceptors (Lipinski definition) is 9. The summed E-state index contributed by atoms with van der Waals surface area (Å²) in [6, 6.07) is -0.189. The fraction of sp³-hybridized carbons (Fsp3) is 0.571. The lowest BCUT2D eigenvalue weighted by molar-refractivity contribution is -0.145. The number of anilines is 1. The van der Waals surface area contributed by atoms with Crippen molar-refractivity contribution in [1.82, 2.24) is 25.0 Å². The molecule has 4 atom stereocenters. The molecule has 0 aromatic carbocycles. The van der Waals surface area contributed by atoms with Gasteiger partial charge >= 0.3 is 6.18 Å². The SMILES string of the molecule is OCc1cn(C[C@H]2OC[C@H](Nc3nccc(C(F)(F)F)n3)[C@@H](O)[C@H]2O)nn1. The molecule has 0 saturated carbocycles. The molecular weight excluding hydrogens is 373 g/mol. The molecule has 0 aliphatic carbocycles. The Labute approximate surface area is 150 Å². The van der Waals surface area contributed by atoms with Crippen molar-refractivity contribution in [2.45, 2.75) is 43.7 Å². The molecule has 0 unspecified atom stereocenters. The predicted octanol–water partition coefficient (Wildman–Crippen LogP) is -0.820. The van der Waals surface area contributed by atoms with E-state index in [0.29, 0.717) is 5.69 Å². The molecule has 2 aromatic heterocycles. The number of aliphatic hydroxyl groups is 3. The highest BCUT2D eigenvalue weighted by atomic mass is 19.4. The van der Waals surface area contributed by atoms with Gasteiger partial charge < -0.3 is 25.4 Å². The zero-order valence-electron chi connectivity index (χ0n) is 13.8. The van der Waals surface area contributed by atoms with E-state index in [1.54, 1.807) is 0 Å². The zero-order chi connectivity index (χ0) is 19.6. The number of hydrogen-bond donors (Lipinski definition) is 4. The van der Waals surface area contributed by atoms with Gasteiger partial charge in [0, 0.05) is 6.20 Å². The van der Waals surface area contributed by atoms with Crippen molar-refractivity contribution < 1.29 is 33.2 Å². The van der Waals surface area contributed by atoms with Crippen molar-refractivity contribution in [2.75, 3.05) is 11.9 Å². The average molecular weight is 390 g/mol. The van der Waals surface area contributed by atoms with Crippen LogP contribution in [0.1, 0.15) is 11.4 Å². The molecular formula is C14H17F3N6O4. The van der Waals surface area contributed by atoms with Crippen LogP contribution in [-0.2, 0) is 24.1 Å². The molecule has 1 saturated heterocycles. The molecule has 27 heavy (non-hydrogen) atoms. The highest BCUT2D eigenvalue weighted by Gasteiger charge is 2.39. The zero-order valence-corrected chi connectivity index (χ0v) is 13.8. The van der Waals surface area contributed by atoms with Crippen LogP contribution >= 0.6 is 0 Å². The van der Waals surface area contributed by atoms with E-state index in [0.717, 1.165) is 12.3 Å². The van der Waals surface area contributed by atoms with Crippen LogP contribution in [0.2, 0.25) is 0 Å². The third-order valence-electron chi connectivity index (χ3n) is 4.01. The number of halogens is 3. The summed E-state index contributed by atoms with van der Waals surface area (Å²) >= 11 is 0. The van der Waals surface area contributed by atoms with Gasteiger partial charge in [-0.2, -0.15) is 13.2 Å².